The molecule has 5 heteroatoms. The molecule has 3 aliphatic rings. The summed E-state index contributed by atoms with van der Waals surface area (Å²) in [5, 5.41) is 0. The highest BCUT2D eigenvalue weighted by atomic mass is 19.1. The third kappa shape index (κ3) is 3.90. The van der Waals surface area contributed by atoms with E-state index in [4.69, 9.17) is 9.15 Å². The molecule has 2 aromatic carbocycles. The summed E-state index contributed by atoms with van der Waals surface area (Å²) in [5.41, 5.74) is 6.20. The van der Waals surface area contributed by atoms with Crippen molar-refractivity contribution >= 4 is 0 Å². The van der Waals surface area contributed by atoms with Gasteiger partial charge in [0, 0.05) is 50.7 Å². The lowest BCUT2D eigenvalue weighted by Gasteiger charge is -2.35. The molecule has 0 saturated carbocycles. The quantitative estimate of drug-likeness (QED) is 0.595. The van der Waals surface area contributed by atoms with Gasteiger partial charge in [-0.1, -0.05) is 30.3 Å². The first-order valence-corrected chi connectivity index (χ1v) is 11.7. The Morgan fingerprint density at radius 1 is 0.906 bits per heavy atom. The fraction of sp³-hybridized carbons (Fsp3) is 0.407. The number of halogens is 1. The van der Waals surface area contributed by atoms with Crippen LogP contribution in [0.25, 0.3) is 0 Å². The van der Waals surface area contributed by atoms with E-state index in [2.05, 4.69) is 34.1 Å². The Morgan fingerprint density at radius 2 is 1.72 bits per heavy atom. The minimum atomic E-state index is -0.172. The number of furan rings is 1. The number of nitrogens with zero attached hydrogens (tertiary/aromatic N) is 2. The Balaban J connectivity index is 1.16. The molecular weight excluding hydrogens is 403 g/mol. The standard InChI is InChI=1S/C27H29FN2O2/c28-22-6-5-21-13-20-3-1-2-4-24(20)26-15-23(32-27(26)25(21)14-22)17-30-10-8-29(9-11-30)16-19-7-12-31-18-19/h1-7,12,14,18,23,26-27H,8-11,13,15-17H2. The summed E-state index contributed by atoms with van der Waals surface area (Å²) >= 11 is 0. The van der Waals surface area contributed by atoms with E-state index in [1.54, 1.807) is 18.4 Å². The van der Waals surface area contributed by atoms with Crippen molar-refractivity contribution in [1.29, 1.82) is 0 Å². The van der Waals surface area contributed by atoms with Crippen LogP contribution in [-0.4, -0.2) is 48.6 Å². The fourth-order valence-electron chi connectivity index (χ4n) is 5.77. The van der Waals surface area contributed by atoms with Crippen molar-refractivity contribution in [3.8, 4) is 0 Å². The molecule has 3 aromatic rings. The maximum absolute atomic E-state index is 14.2. The van der Waals surface area contributed by atoms with Crippen LogP contribution in [0.3, 0.4) is 0 Å². The largest absolute Gasteiger partial charge is 0.472 e. The van der Waals surface area contributed by atoms with Gasteiger partial charge in [-0.2, -0.15) is 0 Å². The summed E-state index contributed by atoms with van der Waals surface area (Å²) in [6.07, 6.45) is 5.54. The summed E-state index contributed by atoms with van der Waals surface area (Å²) in [4.78, 5) is 5.01. The topological polar surface area (TPSA) is 28.9 Å². The highest BCUT2D eigenvalue weighted by Gasteiger charge is 2.41. The van der Waals surface area contributed by atoms with E-state index in [0.29, 0.717) is 5.92 Å². The van der Waals surface area contributed by atoms with Crippen molar-refractivity contribution in [3.63, 3.8) is 0 Å². The van der Waals surface area contributed by atoms with Crippen LogP contribution in [-0.2, 0) is 17.7 Å². The van der Waals surface area contributed by atoms with Crippen LogP contribution >= 0.6 is 0 Å². The molecule has 166 valence electrons. The average molecular weight is 433 g/mol. The number of hydrogen-bond donors (Lipinski definition) is 0. The van der Waals surface area contributed by atoms with Crippen LogP contribution in [0.4, 0.5) is 4.39 Å². The number of benzene rings is 2. The van der Waals surface area contributed by atoms with Crippen molar-refractivity contribution in [1.82, 2.24) is 9.80 Å². The molecule has 3 atom stereocenters. The summed E-state index contributed by atoms with van der Waals surface area (Å²) in [6, 6.07) is 16.0. The van der Waals surface area contributed by atoms with Crippen LogP contribution in [0.5, 0.6) is 0 Å². The van der Waals surface area contributed by atoms with E-state index in [9.17, 15) is 4.39 Å². The third-order valence-electron chi connectivity index (χ3n) is 7.38. The Kier molecular flexibility index (Phi) is 5.34. The minimum Gasteiger partial charge on any atom is -0.472 e. The molecule has 1 aliphatic carbocycles. The monoisotopic (exact) mass is 432 g/mol. The van der Waals surface area contributed by atoms with Crippen LogP contribution in [0.15, 0.2) is 65.5 Å². The van der Waals surface area contributed by atoms with Crippen molar-refractivity contribution in [2.45, 2.75) is 37.5 Å². The van der Waals surface area contributed by atoms with Gasteiger partial charge in [0.25, 0.3) is 0 Å². The molecule has 0 amide bonds. The van der Waals surface area contributed by atoms with Crippen molar-refractivity contribution in [3.05, 3.63) is 94.7 Å². The minimum absolute atomic E-state index is 0.0586. The van der Waals surface area contributed by atoms with E-state index < -0.39 is 0 Å². The van der Waals surface area contributed by atoms with E-state index in [1.807, 2.05) is 18.4 Å². The van der Waals surface area contributed by atoms with Gasteiger partial charge in [-0.3, -0.25) is 9.80 Å². The van der Waals surface area contributed by atoms with Crippen molar-refractivity contribution < 1.29 is 13.5 Å². The Morgan fingerprint density at radius 3 is 2.56 bits per heavy atom. The van der Waals surface area contributed by atoms with Gasteiger partial charge in [0.05, 0.1) is 24.7 Å². The number of hydrogen-bond acceptors (Lipinski definition) is 4. The molecule has 0 N–H and O–H groups in total. The van der Waals surface area contributed by atoms with Gasteiger partial charge in [0.2, 0.25) is 0 Å². The summed E-state index contributed by atoms with van der Waals surface area (Å²) < 4.78 is 26.0. The predicted octanol–water partition coefficient (Wildman–Crippen LogP) is 4.75. The second-order valence-corrected chi connectivity index (χ2v) is 9.45. The number of ether oxygens (including phenoxy) is 1. The molecule has 2 aliphatic heterocycles. The number of fused-ring (bicyclic) bond motifs is 5. The molecule has 3 heterocycles. The van der Waals surface area contributed by atoms with Gasteiger partial charge in [0.15, 0.2) is 0 Å². The van der Waals surface area contributed by atoms with Gasteiger partial charge in [-0.25, -0.2) is 4.39 Å². The first-order chi connectivity index (χ1) is 15.7. The maximum atomic E-state index is 14.2. The zero-order valence-electron chi connectivity index (χ0n) is 18.3. The highest BCUT2D eigenvalue weighted by molar-refractivity contribution is 5.45. The van der Waals surface area contributed by atoms with Gasteiger partial charge < -0.3 is 9.15 Å². The van der Waals surface area contributed by atoms with Gasteiger partial charge in [-0.05, 0) is 53.3 Å². The highest BCUT2D eigenvalue weighted by Crippen LogP contribution is 2.49. The number of rotatable bonds is 4. The molecule has 0 radical (unpaired) electrons. The lowest BCUT2D eigenvalue weighted by atomic mass is 9.87. The van der Waals surface area contributed by atoms with Crippen LogP contribution in [0.2, 0.25) is 0 Å². The predicted molar refractivity (Wildman–Crippen MR) is 121 cm³/mol. The van der Waals surface area contributed by atoms with Crippen LogP contribution < -0.4 is 0 Å². The Hall–Kier alpha value is -2.47. The Bertz CT molecular complexity index is 1080. The van der Waals surface area contributed by atoms with Gasteiger partial charge in [-0.15, -0.1) is 0 Å². The number of piperazine rings is 1. The lowest BCUT2D eigenvalue weighted by molar-refractivity contribution is 0.00835. The Labute approximate surface area is 188 Å². The van der Waals surface area contributed by atoms with Crippen molar-refractivity contribution in [2.75, 3.05) is 32.7 Å². The second-order valence-electron chi connectivity index (χ2n) is 9.45. The molecule has 2 fully saturated rings. The van der Waals surface area contributed by atoms with Gasteiger partial charge >= 0.3 is 0 Å². The van der Waals surface area contributed by atoms with Crippen molar-refractivity contribution in [2.24, 2.45) is 0 Å². The average Bonchev–Trinajstić information content (AvgIpc) is 3.44. The maximum Gasteiger partial charge on any atom is 0.123 e. The zero-order valence-corrected chi connectivity index (χ0v) is 18.3. The molecule has 6 rings (SSSR count). The fourth-order valence-corrected chi connectivity index (χ4v) is 5.77. The van der Waals surface area contributed by atoms with E-state index in [0.717, 1.165) is 57.7 Å². The lowest BCUT2D eigenvalue weighted by Crippen LogP contribution is -2.48. The summed E-state index contributed by atoms with van der Waals surface area (Å²) in [6.45, 7) is 6.11. The van der Waals surface area contributed by atoms with Crippen LogP contribution in [0.1, 0.15) is 46.3 Å². The first kappa shape index (κ1) is 20.2. The van der Waals surface area contributed by atoms with E-state index >= 15 is 0 Å². The normalized spacial score (nSPS) is 25.7. The first-order valence-electron chi connectivity index (χ1n) is 11.7. The van der Waals surface area contributed by atoms with Crippen LogP contribution in [0, 0.1) is 5.82 Å². The molecule has 0 spiro atoms. The van der Waals surface area contributed by atoms with E-state index in [-0.39, 0.29) is 18.0 Å². The second kappa shape index (κ2) is 8.47. The zero-order chi connectivity index (χ0) is 21.5. The molecule has 2 saturated heterocycles. The smallest absolute Gasteiger partial charge is 0.123 e. The molecule has 32 heavy (non-hydrogen) atoms. The summed E-state index contributed by atoms with van der Waals surface area (Å²) in [7, 11) is 0. The molecular formula is C27H29FN2O2. The SMILES string of the molecule is Fc1ccc2c(c1)C1OC(CN3CCN(Cc4ccoc4)CC3)CC1c1ccccc1C2. The molecule has 0 bridgehead atoms. The third-order valence-corrected chi connectivity index (χ3v) is 7.38. The summed E-state index contributed by atoms with van der Waals surface area (Å²) in [5.74, 6) is 0.121. The molecule has 3 unspecified atom stereocenters. The van der Waals surface area contributed by atoms with E-state index in [1.165, 1.54) is 22.3 Å². The molecule has 4 nitrogen and oxygen atoms in total. The van der Waals surface area contributed by atoms with Gasteiger partial charge in [0.1, 0.15) is 5.82 Å². The molecule has 1 aromatic heterocycles.